The van der Waals surface area contributed by atoms with Crippen LogP contribution in [0.1, 0.15) is 46.6 Å². The van der Waals surface area contributed by atoms with Gasteiger partial charge in [-0.25, -0.2) is 14.2 Å². The monoisotopic (exact) mass is 555 g/mol. The first-order valence-electron chi connectivity index (χ1n) is 13.8. The van der Waals surface area contributed by atoms with Crippen LogP contribution in [-0.4, -0.2) is 51.4 Å². The summed E-state index contributed by atoms with van der Waals surface area (Å²) in [5, 5.41) is 18.4. The molecule has 2 aliphatic heterocycles. The normalized spacial score (nSPS) is 17.3. The number of nitriles is 1. The third-order valence-corrected chi connectivity index (χ3v) is 7.93. The maximum Gasteiger partial charge on any atom is 0.335 e. The highest BCUT2D eigenvalue weighted by atomic mass is 19.1. The largest absolute Gasteiger partial charge is 0.478 e. The summed E-state index contributed by atoms with van der Waals surface area (Å²) in [4.78, 5) is 23.4. The van der Waals surface area contributed by atoms with Gasteiger partial charge in [-0.1, -0.05) is 12.1 Å². The highest BCUT2D eigenvalue weighted by molar-refractivity contribution is 5.92. The molecule has 2 aromatic heterocycles. The molecule has 2 aromatic carbocycles. The maximum absolute atomic E-state index is 14.2. The van der Waals surface area contributed by atoms with E-state index in [1.165, 1.54) is 6.07 Å². The number of nitrogens with zero attached hydrogens (tertiary/aromatic N) is 5. The summed E-state index contributed by atoms with van der Waals surface area (Å²) in [6, 6.07) is 17.0. The van der Waals surface area contributed by atoms with Crippen molar-refractivity contribution >= 4 is 22.8 Å². The molecule has 0 amide bonds. The molecular formula is C31H30FN5O4. The van der Waals surface area contributed by atoms with E-state index in [2.05, 4.69) is 14.5 Å². The Morgan fingerprint density at radius 1 is 1.12 bits per heavy atom. The number of hydrogen-bond acceptors (Lipinski definition) is 7. The first kappa shape index (κ1) is 26.7. The van der Waals surface area contributed by atoms with E-state index in [0.717, 1.165) is 68.1 Å². The smallest absolute Gasteiger partial charge is 0.335 e. The van der Waals surface area contributed by atoms with Crippen LogP contribution in [0.5, 0.6) is 5.88 Å². The van der Waals surface area contributed by atoms with Crippen LogP contribution >= 0.6 is 0 Å². The minimum absolute atomic E-state index is 0.0247. The van der Waals surface area contributed by atoms with Gasteiger partial charge >= 0.3 is 5.97 Å². The Labute approximate surface area is 236 Å². The van der Waals surface area contributed by atoms with Crippen molar-refractivity contribution in [1.29, 1.82) is 5.26 Å². The molecule has 2 saturated heterocycles. The van der Waals surface area contributed by atoms with Crippen LogP contribution in [0.3, 0.4) is 0 Å². The first-order valence-corrected chi connectivity index (χ1v) is 13.8. The molecule has 0 saturated carbocycles. The standard InChI is InChI=1S/C31H30FN5O4/c32-25-14-21(17-33)4-5-23(25)19-41-30-3-1-2-28(35-30)36-11-8-20(9-12-36)15-29-34-26-7-6-22(31(38)39)16-27(26)37(29)18-24-10-13-40-24/h1-7,14,16,20,24H,8-13,15,18-19H2,(H,38,39). The third-order valence-electron chi connectivity index (χ3n) is 7.93. The molecule has 210 valence electrons. The van der Waals surface area contributed by atoms with Crippen LogP contribution in [0.4, 0.5) is 10.2 Å². The zero-order valence-corrected chi connectivity index (χ0v) is 22.5. The zero-order valence-electron chi connectivity index (χ0n) is 22.5. The van der Waals surface area contributed by atoms with Crippen molar-refractivity contribution < 1.29 is 23.8 Å². The van der Waals surface area contributed by atoms with Crippen LogP contribution in [0.15, 0.2) is 54.6 Å². The van der Waals surface area contributed by atoms with E-state index in [-0.39, 0.29) is 23.8 Å². The summed E-state index contributed by atoms with van der Waals surface area (Å²) in [6.07, 6.45) is 3.87. The number of ether oxygens (including phenoxy) is 2. The van der Waals surface area contributed by atoms with E-state index in [9.17, 15) is 14.3 Å². The summed E-state index contributed by atoms with van der Waals surface area (Å²) in [6.45, 7) is 3.13. The number of aromatic nitrogens is 3. The second-order valence-corrected chi connectivity index (χ2v) is 10.6. The molecule has 6 rings (SSSR count). The molecule has 0 aliphatic carbocycles. The SMILES string of the molecule is N#Cc1ccc(COc2cccc(N3CCC(Cc4nc5ccc(C(=O)O)cc5n4CC4CCO4)CC3)n2)c(F)c1. The van der Waals surface area contributed by atoms with Gasteiger partial charge < -0.3 is 24.0 Å². The summed E-state index contributed by atoms with van der Waals surface area (Å²) >= 11 is 0. The molecule has 0 spiro atoms. The van der Waals surface area contributed by atoms with Crippen LogP contribution in [-0.2, 0) is 24.3 Å². The number of anilines is 1. The minimum atomic E-state index is -0.946. The number of benzene rings is 2. The number of rotatable bonds is 9. The highest BCUT2D eigenvalue weighted by Crippen LogP contribution is 2.29. The minimum Gasteiger partial charge on any atom is -0.478 e. The summed E-state index contributed by atoms with van der Waals surface area (Å²) in [5.74, 6) is 1.22. The van der Waals surface area contributed by atoms with E-state index in [1.807, 2.05) is 18.2 Å². The van der Waals surface area contributed by atoms with Crippen LogP contribution in [0.25, 0.3) is 11.0 Å². The van der Waals surface area contributed by atoms with Crippen LogP contribution < -0.4 is 9.64 Å². The number of imidazole rings is 1. The molecule has 9 nitrogen and oxygen atoms in total. The molecule has 2 fully saturated rings. The van der Waals surface area contributed by atoms with E-state index in [0.29, 0.717) is 23.9 Å². The lowest BCUT2D eigenvalue weighted by Crippen LogP contribution is -2.35. The van der Waals surface area contributed by atoms with Gasteiger partial charge in [0.1, 0.15) is 24.1 Å². The fourth-order valence-corrected chi connectivity index (χ4v) is 5.47. The Hall–Kier alpha value is -4.49. The first-order chi connectivity index (χ1) is 20.0. The molecule has 10 heteroatoms. The predicted octanol–water partition coefficient (Wildman–Crippen LogP) is 4.97. The van der Waals surface area contributed by atoms with E-state index in [1.54, 1.807) is 36.4 Å². The van der Waals surface area contributed by atoms with Gasteiger partial charge in [-0.05, 0) is 61.6 Å². The lowest BCUT2D eigenvalue weighted by Gasteiger charge is -2.33. The number of pyridine rings is 1. The fraction of sp³-hybridized carbons (Fsp3) is 0.355. The number of piperidine rings is 1. The zero-order chi connectivity index (χ0) is 28.3. The summed E-state index contributed by atoms with van der Waals surface area (Å²) < 4.78 is 27.8. The second-order valence-electron chi connectivity index (χ2n) is 10.6. The summed E-state index contributed by atoms with van der Waals surface area (Å²) in [7, 11) is 0. The predicted molar refractivity (Wildman–Crippen MR) is 149 cm³/mol. The van der Waals surface area contributed by atoms with Gasteiger partial charge in [0.15, 0.2) is 0 Å². The van der Waals surface area contributed by atoms with Crippen molar-refractivity contribution in [2.75, 3.05) is 24.6 Å². The number of hydrogen-bond donors (Lipinski definition) is 1. The molecule has 4 heterocycles. The molecule has 0 radical (unpaired) electrons. The van der Waals surface area contributed by atoms with Gasteiger partial charge in [-0.3, -0.25) is 0 Å². The Morgan fingerprint density at radius 3 is 2.66 bits per heavy atom. The van der Waals surface area contributed by atoms with Gasteiger partial charge in [0.25, 0.3) is 0 Å². The highest BCUT2D eigenvalue weighted by Gasteiger charge is 2.26. The van der Waals surface area contributed by atoms with Crippen molar-refractivity contribution in [3.63, 3.8) is 0 Å². The number of carboxylic acid groups (broad SMARTS) is 1. The van der Waals surface area contributed by atoms with Crippen molar-refractivity contribution in [2.45, 2.75) is 44.9 Å². The molecule has 1 atom stereocenters. The molecule has 2 aliphatic rings. The van der Waals surface area contributed by atoms with E-state index < -0.39 is 11.8 Å². The van der Waals surface area contributed by atoms with Gasteiger partial charge in [0.2, 0.25) is 5.88 Å². The van der Waals surface area contributed by atoms with Gasteiger partial charge in [-0.2, -0.15) is 10.2 Å². The van der Waals surface area contributed by atoms with Crippen molar-refractivity contribution in [1.82, 2.24) is 14.5 Å². The van der Waals surface area contributed by atoms with E-state index >= 15 is 0 Å². The average molecular weight is 556 g/mol. The van der Waals surface area contributed by atoms with E-state index in [4.69, 9.17) is 19.7 Å². The van der Waals surface area contributed by atoms with Gasteiger partial charge in [-0.15, -0.1) is 0 Å². The molecule has 1 N–H and O–H groups in total. The Kier molecular flexibility index (Phi) is 7.53. The Bertz CT molecular complexity index is 1620. The number of carboxylic acids is 1. The van der Waals surface area contributed by atoms with Gasteiger partial charge in [0.05, 0.1) is 40.9 Å². The molecule has 1 unspecified atom stereocenters. The maximum atomic E-state index is 14.2. The van der Waals surface area contributed by atoms with Crippen molar-refractivity contribution in [2.24, 2.45) is 5.92 Å². The lowest BCUT2D eigenvalue weighted by atomic mass is 9.93. The lowest BCUT2D eigenvalue weighted by molar-refractivity contribution is -0.0590. The molecule has 0 bridgehead atoms. The van der Waals surface area contributed by atoms with Crippen LogP contribution in [0.2, 0.25) is 0 Å². The molecular weight excluding hydrogens is 525 g/mol. The third kappa shape index (κ3) is 5.86. The topological polar surface area (TPSA) is 114 Å². The number of halogens is 1. The second kappa shape index (κ2) is 11.6. The summed E-state index contributed by atoms with van der Waals surface area (Å²) in [5.41, 5.74) is 2.55. The quantitative estimate of drug-likeness (QED) is 0.308. The van der Waals surface area contributed by atoms with Gasteiger partial charge in [0, 0.05) is 37.7 Å². The van der Waals surface area contributed by atoms with Crippen molar-refractivity contribution in [3.05, 3.63) is 82.9 Å². The Morgan fingerprint density at radius 2 is 1.95 bits per heavy atom. The number of aromatic carboxylic acids is 1. The molecule has 41 heavy (non-hydrogen) atoms. The Balaban J connectivity index is 1.10. The van der Waals surface area contributed by atoms with Crippen molar-refractivity contribution in [3.8, 4) is 11.9 Å². The fourth-order valence-electron chi connectivity index (χ4n) is 5.47. The van der Waals surface area contributed by atoms with Crippen LogP contribution in [0, 0.1) is 23.1 Å². The molecule has 4 aromatic rings. The number of fused-ring (bicyclic) bond motifs is 1. The number of carbonyl (C=O) groups is 1. The average Bonchev–Trinajstić information content (AvgIpc) is 3.30.